The van der Waals surface area contributed by atoms with E-state index in [0.717, 1.165) is 0 Å². The number of carbonyl (C=O) groups excluding carboxylic acids is 2. The number of rotatable bonds is 4. The number of nitro benzene ring substituents is 1. The van der Waals surface area contributed by atoms with Gasteiger partial charge in [0.1, 0.15) is 11.6 Å². The van der Waals surface area contributed by atoms with Gasteiger partial charge < -0.3 is 15.4 Å². The molecule has 0 aromatic heterocycles. The van der Waals surface area contributed by atoms with Crippen LogP contribution < -0.4 is 10.6 Å². The molecule has 1 aromatic rings. The van der Waals surface area contributed by atoms with Crippen LogP contribution in [0.4, 0.5) is 16.2 Å². The van der Waals surface area contributed by atoms with E-state index in [1.54, 1.807) is 33.8 Å². The summed E-state index contributed by atoms with van der Waals surface area (Å²) in [7, 11) is 0. The summed E-state index contributed by atoms with van der Waals surface area (Å²) in [6.07, 6.45) is -0.712. The van der Waals surface area contributed by atoms with Crippen molar-refractivity contribution in [3.63, 3.8) is 0 Å². The van der Waals surface area contributed by atoms with Gasteiger partial charge in [0.2, 0.25) is 5.91 Å². The number of anilines is 1. The van der Waals surface area contributed by atoms with Gasteiger partial charge in [-0.3, -0.25) is 14.9 Å². The van der Waals surface area contributed by atoms with Crippen LogP contribution in [-0.2, 0) is 9.53 Å². The molecule has 0 aliphatic rings. The molecule has 126 valence electrons. The highest BCUT2D eigenvalue weighted by atomic mass is 16.6. The quantitative estimate of drug-likeness (QED) is 0.654. The predicted octanol–water partition coefficient (Wildman–Crippen LogP) is 2.75. The fourth-order valence-corrected chi connectivity index (χ4v) is 1.75. The van der Waals surface area contributed by atoms with E-state index in [2.05, 4.69) is 10.6 Å². The molecule has 0 saturated carbocycles. The number of nitro groups is 1. The lowest BCUT2D eigenvalue weighted by molar-refractivity contribution is -0.385. The smallest absolute Gasteiger partial charge is 0.408 e. The SMILES string of the molecule is Cc1c(NC(=O)[C@H](C)NC(=O)OC(C)(C)C)cccc1[N+](=O)[O-]. The Hall–Kier alpha value is -2.64. The van der Waals surface area contributed by atoms with Gasteiger partial charge in [-0.25, -0.2) is 4.79 Å². The highest BCUT2D eigenvalue weighted by molar-refractivity contribution is 5.97. The van der Waals surface area contributed by atoms with Crippen molar-refractivity contribution in [3.05, 3.63) is 33.9 Å². The van der Waals surface area contributed by atoms with Crippen LogP contribution >= 0.6 is 0 Å². The largest absolute Gasteiger partial charge is 0.444 e. The zero-order chi connectivity index (χ0) is 17.8. The first kappa shape index (κ1) is 18.4. The molecule has 1 rings (SSSR count). The summed E-state index contributed by atoms with van der Waals surface area (Å²) in [5, 5.41) is 15.9. The van der Waals surface area contributed by atoms with Crippen LogP contribution in [0.1, 0.15) is 33.3 Å². The molecular weight excluding hydrogens is 302 g/mol. The van der Waals surface area contributed by atoms with Gasteiger partial charge in [0.15, 0.2) is 0 Å². The molecule has 23 heavy (non-hydrogen) atoms. The van der Waals surface area contributed by atoms with Crippen LogP contribution in [0.5, 0.6) is 0 Å². The standard InChI is InChI=1S/C15H21N3O5/c1-9-11(7-6-8-12(9)18(21)22)17-13(19)10(2)16-14(20)23-15(3,4)5/h6-8,10H,1-5H3,(H,16,20)(H,17,19)/t10-/m0/s1. The van der Waals surface area contributed by atoms with Gasteiger partial charge in [0.05, 0.1) is 16.2 Å². The Balaban J connectivity index is 2.75. The van der Waals surface area contributed by atoms with Gasteiger partial charge >= 0.3 is 6.09 Å². The Kier molecular flexibility index (Phi) is 5.67. The number of benzene rings is 1. The maximum Gasteiger partial charge on any atom is 0.408 e. The van der Waals surface area contributed by atoms with Gasteiger partial charge in [0, 0.05) is 6.07 Å². The third kappa shape index (κ3) is 5.57. The summed E-state index contributed by atoms with van der Waals surface area (Å²) in [6, 6.07) is 3.53. The predicted molar refractivity (Wildman–Crippen MR) is 85.3 cm³/mol. The number of alkyl carbamates (subject to hydrolysis) is 1. The maximum absolute atomic E-state index is 12.1. The number of nitrogens with zero attached hydrogens (tertiary/aromatic N) is 1. The molecule has 0 radical (unpaired) electrons. The Morgan fingerprint density at radius 2 is 1.91 bits per heavy atom. The summed E-state index contributed by atoms with van der Waals surface area (Å²) < 4.78 is 5.06. The van der Waals surface area contributed by atoms with E-state index >= 15 is 0 Å². The molecular formula is C15H21N3O5. The average Bonchev–Trinajstić information content (AvgIpc) is 2.38. The average molecular weight is 323 g/mol. The van der Waals surface area contributed by atoms with Gasteiger partial charge in [-0.2, -0.15) is 0 Å². The molecule has 1 aromatic carbocycles. The summed E-state index contributed by atoms with van der Waals surface area (Å²) in [6.45, 7) is 8.17. The molecule has 0 bridgehead atoms. The van der Waals surface area contributed by atoms with Gasteiger partial charge in [0.25, 0.3) is 5.69 Å². The minimum absolute atomic E-state index is 0.0874. The monoisotopic (exact) mass is 323 g/mol. The van der Waals surface area contributed by atoms with Gasteiger partial charge in [-0.1, -0.05) is 6.07 Å². The molecule has 0 heterocycles. The van der Waals surface area contributed by atoms with Crippen LogP contribution in [-0.4, -0.2) is 28.6 Å². The molecule has 0 fully saturated rings. The first-order chi connectivity index (χ1) is 10.5. The molecule has 0 saturated heterocycles. The molecule has 0 spiro atoms. The minimum atomic E-state index is -0.858. The van der Waals surface area contributed by atoms with Crippen LogP contribution in [0.3, 0.4) is 0 Å². The second kappa shape index (κ2) is 7.08. The van der Waals surface area contributed by atoms with E-state index < -0.39 is 28.6 Å². The second-order valence-corrected chi connectivity index (χ2v) is 6.06. The zero-order valence-electron chi connectivity index (χ0n) is 13.8. The molecule has 0 aliphatic heterocycles. The number of ether oxygens (including phenoxy) is 1. The summed E-state index contributed by atoms with van der Waals surface area (Å²) in [5.41, 5.74) is -0.0930. The first-order valence-electron chi connectivity index (χ1n) is 7.05. The van der Waals surface area contributed by atoms with Crippen LogP contribution in [0.2, 0.25) is 0 Å². The molecule has 2 amide bonds. The highest BCUT2D eigenvalue weighted by Gasteiger charge is 2.22. The highest BCUT2D eigenvalue weighted by Crippen LogP contribution is 2.25. The van der Waals surface area contributed by atoms with Gasteiger partial charge in [-0.15, -0.1) is 0 Å². The van der Waals surface area contributed by atoms with Crippen molar-refractivity contribution >= 4 is 23.4 Å². The van der Waals surface area contributed by atoms with Crippen LogP contribution in [0.15, 0.2) is 18.2 Å². The van der Waals surface area contributed by atoms with Crippen molar-refractivity contribution in [1.82, 2.24) is 5.32 Å². The zero-order valence-corrected chi connectivity index (χ0v) is 13.8. The fraction of sp³-hybridized carbons (Fsp3) is 0.467. The van der Waals surface area contributed by atoms with Crippen molar-refractivity contribution in [1.29, 1.82) is 0 Å². The fourth-order valence-electron chi connectivity index (χ4n) is 1.75. The number of carbonyl (C=O) groups is 2. The van der Waals surface area contributed by atoms with Gasteiger partial charge in [-0.05, 0) is 40.7 Å². The number of hydrogen-bond donors (Lipinski definition) is 2. The van der Waals surface area contributed by atoms with E-state index in [9.17, 15) is 19.7 Å². The Morgan fingerprint density at radius 1 is 1.30 bits per heavy atom. The van der Waals surface area contributed by atoms with Crippen molar-refractivity contribution in [2.24, 2.45) is 0 Å². The molecule has 0 aliphatic carbocycles. The normalized spacial score (nSPS) is 12.2. The summed E-state index contributed by atoms with van der Waals surface area (Å²) in [5.74, 6) is -0.501. The van der Waals surface area contributed by atoms with E-state index in [1.807, 2.05) is 0 Å². The molecule has 8 nitrogen and oxygen atoms in total. The van der Waals surface area contributed by atoms with E-state index in [1.165, 1.54) is 19.1 Å². The molecule has 2 N–H and O–H groups in total. The summed E-state index contributed by atoms with van der Waals surface area (Å²) in [4.78, 5) is 34.1. The van der Waals surface area contributed by atoms with E-state index in [0.29, 0.717) is 11.3 Å². The van der Waals surface area contributed by atoms with Crippen LogP contribution in [0.25, 0.3) is 0 Å². The number of nitrogens with one attached hydrogen (secondary N) is 2. The second-order valence-electron chi connectivity index (χ2n) is 6.06. The van der Waals surface area contributed by atoms with Crippen molar-refractivity contribution < 1.29 is 19.2 Å². The topological polar surface area (TPSA) is 111 Å². The van der Waals surface area contributed by atoms with E-state index in [-0.39, 0.29) is 5.69 Å². The van der Waals surface area contributed by atoms with Crippen molar-refractivity contribution in [3.8, 4) is 0 Å². The number of amides is 2. The molecule has 8 heteroatoms. The lowest BCUT2D eigenvalue weighted by atomic mass is 10.1. The van der Waals surface area contributed by atoms with Crippen molar-refractivity contribution in [2.75, 3.05) is 5.32 Å². The van der Waals surface area contributed by atoms with Crippen molar-refractivity contribution in [2.45, 2.75) is 46.3 Å². The molecule has 0 unspecified atom stereocenters. The Morgan fingerprint density at radius 3 is 2.43 bits per heavy atom. The Labute approximate surface area is 134 Å². The molecule has 1 atom stereocenters. The third-order valence-corrected chi connectivity index (χ3v) is 2.89. The van der Waals surface area contributed by atoms with Crippen LogP contribution in [0, 0.1) is 17.0 Å². The van der Waals surface area contributed by atoms with E-state index in [4.69, 9.17) is 4.74 Å². The Bertz CT molecular complexity index is 622. The number of hydrogen-bond acceptors (Lipinski definition) is 5. The third-order valence-electron chi connectivity index (χ3n) is 2.89. The lowest BCUT2D eigenvalue weighted by Gasteiger charge is -2.21. The first-order valence-corrected chi connectivity index (χ1v) is 7.05. The minimum Gasteiger partial charge on any atom is -0.444 e. The maximum atomic E-state index is 12.1. The summed E-state index contributed by atoms with van der Waals surface area (Å²) >= 11 is 0. The lowest BCUT2D eigenvalue weighted by Crippen LogP contribution is -2.44.